The van der Waals surface area contributed by atoms with Gasteiger partial charge in [0.25, 0.3) is 0 Å². The van der Waals surface area contributed by atoms with E-state index in [1.807, 2.05) is 6.92 Å². The number of hydrogen-bond acceptors (Lipinski definition) is 4. The number of carbonyl (C=O) groups is 1. The lowest BCUT2D eigenvalue weighted by Crippen LogP contribution is -2.40. The molecule has 0 aliphatic carbocycles. The molecule has 0 rings (SSSR count). The summed E-state index contributed by atoms with van der Waals surface area (Å²) >= 11 is 0. The highest BCUT2D eigenvalue weighted by molar-refractivity contribution is 5.69. The highest BCUT2D eigenvalue weighted by atomic mass is 16.6. The van der Waals surface area contributed by atoms with Gasteiger partial charge in [0.05, 0.1) is 6.61 Å². The number of ether oxygens (including phenoxy) is 2. The summed E-state index contributed by atoms with van der Waals surface area (Å²) in [5, 5.41) is 10.6. The summed E-state index contributed by atoms with van der Waals surface area (Å²) in [4.78, 5) is 12.1. The van der Waals surface area contributed by atoms with Crippen LogP contribution < -0.4 is 0 Å². The van der Waals surface area contributed by atoms with Gasteiger partial charge in [0.1, 0.15) is 12.2 Å². The third kappa shape index (κ3) is 26.8. The van der Waals surface area contributed by atoms with E-state index in [4.69, 9.17) is 9.47 Å². The van der Waals surface area contributed by atoms with E-state index in [0.29, 0.717) is 19.4 Å². The van der Waals surface area contributed by atoms with Gasteiger partial charge < -0.3 is 14.6 Å². The standard InChI is InChI=1S/C33H66O4/c1-4-7-9-11-12-13-14-15-16-17-18-19-20-21-22-23-24-25-26-28-32(34)37-31-33(35,6-3)30-36-29-27-10-8-5-2/h35H,4-31H2,1-3H3. The maximum Gasteiger partial charge on any atom is 0.305 e. The molecule has 37 heavy (non-hydrogen) atoms. The Morgan fingerprint density at radius 1 is 0.541 bits per heavy atom. The van der Waals surface area contributed by atoms with Crippen molar-refractivity contribution in [3.8, 4) is 0 Å². The van der Waals surface area contributed by atoms with E-state index >= 15 is 0 Å². The van der Waals surface area contributed by atoms with Crippen LogP contribution in [0.25, 0.3) is 0 Å². The zero-order valence-electron chi connectivity index (χ0n) is 25.5. The SMILES string of the molecule is CCCCCCCCCCCCCCCCCCCCCC(=O)OCC(O)(CC)COCCCCCC. The molecule has 0 saturated carbocycles. The van der Waals surface area contributed by atoms with Gasteiger partial charge in [-0.25, -0.2) is 0 Å². The summed E-state index contributed by atoms with van der Waals surface area (Å²) in [5.41, 5.74) is -1.06. The maximum absolute atomic E-state index is 12.1. The lowest BCUT2D eigenvalue weighted by molar-refractivity contribution is -0.156. The summed E-state index contributed by atoms with van der Waals surface area (Å²) in [7, 11) is 0. The minimum atomic E-state index is -1.06. The second-order valence-electron chi connectivity index (χ2n) is 11.5. The molecule has 0 aromatic heterocycles. The molecular weight excluding hydrogens is 460 g/mol. The van der Waals surface area contributed by atoms with Crippen molar-refractivity contribution in [3.05, 3.63) is 0 Å². The molecule has 0 bridgehead atoms. The van der Waals surface area contributed by atoms with Gasteiger partial charge in [-0.05, 0) is 19.3 Å². The molecule has 222 valence electrons. The van der Waals surface area contributed by atoms with Gasteiger partial charge in [0.2, 0.25) is 0 Å². The number of hydrogen-bond donors (Lipinski definition) is 1. The van der Waals surface area contributed by atoms with E-state index in [0.717, 1.165) is 25.7 Å². The van der Waals surface area contributed by atoms with Crippen molar-refractivity contribution in [2.24, 2.45) is 0 Å². The van der Waals surface area contributed by atoms with E-state index in [1.165, 1.54) is 122 Å². The molecule has 1 atom stereocenters. The van der Waals surface area contributed by atoms with Gasteiger partial charge in [-0.1, -0.05) is 156 Å². The molecule has 0 heterocycles. The lowest BCUT2D eigenvalue weighted by Gasteiger charge is -2.26. The molecule has 4 nitrogen and oxygen atoms in total. The molecule has 0 amide bonds. The van der Waals surface area contributed by atoms with Gasteiger partial charge in [-0.15, -0.1) is 0 Å². The summed E-state index contributed by atoms with van der Waals surface area (Å²) in [6.07, 6.45) is 31.2. The summed E-state index contributed by atoms with van der Waals surface area (Å²) < 4.78 is 11.0. The maximum atomic E-state index is 12.1. The predicted molar refractivity (Wildman–Crippen MR) is 159 cm³/mol. The van der Waals surface area contributed by atoms with Crippen LogP contribution in [0, 0.1) is 0 Å². The number of esters is 1. The normalized spacial score (nSPS) is 13.1. The average molecular weight is 527 g/mol. The highest BCUT2D eigenvalue weighted by Crippen LogP contribution is 2.16. The number of rotatable bonds is 30. The van der Waals surface area contributed by atoms with Gasteiger partial charge in [0, 0.05) is 13.0 Å². The van der Waals surface area contributed by atoms with Crippen LogP contribution in [0.4, 0.5) is 0 Å². The Kier molecular flexibility index (Phi) is 27.9. The summed E-state index contributed by atoms with van der Waals surface area (Å²) in [6, 6.07) is 0. The molecule has 4 heteroatoms. The molecule has 0 saturated heterocycles. The van der Waals surface area contributed by atoms with Crippen LogP contribution in [0.1, 0.15) is 181 Å². The molecule has 0 radical (unpaired) electrons. The van der Waals surface area contributed by atoms with E-state index in [-0.39, 0.29) is 19.2 Å². The van der Waals surface area contributed by atoms with Gasteiger partial charge in [-0.2, -0.15) is 0 Å². The Morgan fingerprint density at radius 3 is 1.32 bits per heavy atom. The molecule has 0 aromatic carbocycles. The van der Waals surface area contributed by atoms with Crippen molar-refractivity contribution in [1.29, 1.82) is 0 Å². The van der Waals surface area contributed by atoms with Crippen molar-refractivity contribution in [2.75, 3.05) is 19.8 Å². The first-order valence-corrected chi connectivity index (χ1v) is 16.5. The third-order valence-corrected chi connectivity index (χ3v) is 7.66. The number of aliphatic hydroxyl groups is 1. The second-order valence-corrected chi connectivity index (χ2v) is 11.5. The lowest BCUT2D eigenvalue weighted by atomic mass is 10.0. The van der Waals surface area contributed by atoms with Crippen LogP contribution in [-0.2, 0) is 14.3 Å². The van der Waals surface area contributed by atoms with E-state index < -0.39 is 5.60 Å². The summed E-state index contributed by atoms with van der Waals surface area (Å²) in [6.45, 7) is 7.32. The van der Waals surface area contributed by atoms with E-state index in [2.05, 4.69) is 13.8 Å². The molecule has 0 spiro atoms. The van der Waals surface area contributed by atoms with Crippen LogP contribution in [-0.4, -0.2) is 36.5 Å². The van der Waals surface area contributed by atoms with Crippen LogP contribution >= 0.6 is 0 Å². The van der Waals surface area contributed by atoms with Crippen molar-refractivity contribution in [3.63, 3.8) is 0 Å². The number of carbonyl (C=O) groups excluding carboxylic acids is 1. The summed E-state index contributed by atoms with van der Waals surface area (Å²) in [5.74, 6) is -0.193. The molecular formula is C33H66O4. The Hall–Kier alpha value is -0.610. The topological polar surface area (TPSA) is 55.8 Å². The fraction of sp³-hybridized carbons (Fsp3) is 0.970. The molecule has 1 N–H and O–H groups in total. The smallest absolute Gasteiger partial charge is 0.305 e. The molecule has 0 aliphatic rings. The monoisotopic (exact) mass is 526 g/mol. The van der Waals surface area contributed by atoms with Crippen molar-refractivity contribution < 1.29 is 19.4 Å². The highest BCUT2D eigenvalue weighted by Gasteiger charge is 2.27. The van der Waals surface area contributed by atoms with Crippen molar-refractivity contribution >= 4 is 5.97 Å². The number of unbranched alkanes of at least 4 members (excludes halogenated alkanes) is 21. The van der Waals surface area contributed by atoms with Gasteiger partial charge in [-0.3, -0.25) is 4.79 Å². The first kappa shape index (κ1) is 36.4. The van der Waals surface area contributed by atoms with E-state index in [9.17, 15) is 9.90 Å². The van der Waals surface area contributed by atoms with Crippen LogP contribution in [0.15, 0.2) is 0 Å². The van der Waals surface area contributed by atoms with Gasteiger partial charge >= 0.3 is 5.97 Å². The minimum Gasteiger partial charge on any atom is -0.463 e. The fourth-order valence-electron chi connectivity index (χ4n) is 4.77. The van der Waals surface area contributed by atoms with Crippen LogP contribution in [0.5, 0.6) is 0 Å². The van der Waals surface area contributed by atoms with Crippen LogP contribution in [0.2, 0.25) is 0 Å². The first-order chi connectivity index (χ1) is 18.1. The van der Waals surface area contributed by atoms with Crippen molar-refractivity contribution in [1.82, 2.24) is 0 Å². The van der Waals surface area contributed by atoms with E-state index in [1.54, 1.807) is 0 Å². The molecule has 0 fully saturated rings. The quantitative estimate of drug-likeness (QED) is 0.0747. The Labute approximate surface area is 232 Å². The molecule has 1 unspecified atom stereocenters. The Balaban J connectivity index is 3.42. The predicted octanol–water partition coefficient (Wildman–Crippen LogP) is 10.1. The first-order valence-electron chi connectivity index (χ1n) is 16.5. The van der Waals surface area contributed by atoms with Crippen molar-refractivity contribution in [2.45, 2.75) is 187 Å². The zero-order chi connectivity index (χ0) is 27.3. The fourth-order valence-corrected chi connectivity index (χ4v) is 4.77. The molecule has 0 aromatic rings. The Morgan fingerprint density at radius 2 is 0.919 bits per heavy atom. The Bertz CT molecular complexity index is 467. The second kappa shape index (κ2) is 28.4. The average Bonchev–Trinajstić information content (AvgIpc) is 2.90. The van der Waals surface area contributed by atoms with Gasteiger partial charge in [0.15, 0.2) is 0 Å². The molecule has 0 aliphatic heterocycles. The minimum absolute atomic E-state index is 0.0381. The zero-order valence-corrected chi connectivity index (χ0v) is 25.5. The third-order valence-electron chi connectivity index (χ3n) is 7.66. The largest absolute Gasteiger partial charge is 0.463 e. The van der Waals surface area contributed by atoms with Crippen LogP contribution in [0.3, 0.4) is 0 Å².